The number of hydrogen-bond acceptors (Lipinski definition) is 5. The molecule has 0 spiro atoms. The monoisotopic (exact) mass is 470 g/mol. The molecule has 25 heavy (non-hydrogen) atoms. The third-order valence-electron chi connectivity index (χ3n) is 3.38. The van der Waals surface area contributed by atoms with E-state index < -0.39 is 12.0 Å². The topological polar surface area (TPSA) is 77.5 Å². The molecule has 2 aromatic rings. The molecule has 1 N–H and O–H groups in total. The van der Waals surface area contributed by atoms with Gasteiger partial charge in [-0.3, -0.25) is 4.79 Å². The van der Waals surface area contributed by atoms with Crippen molar-refractivity contribution in [3.05, 3.63) is 56.6 Å². The molecular weight excluding hydrogens is 456 g/mol. The first-order valence-electron chi connectivity index (χ1n) is 7.27. The van der Waals surface area contributed by atoms with Crippen LogP contribution in [0.4, 0.5) is 0 Å². The van der Waals surface area contributed by atoms with Crippen LogP contribution in [0.5, 0.6) is 5.88 Å². The third kappa shape index (κ3) is 5.27. The zero-order chi connectivity index (χ0) is 18.4. The lowest BCUT2D eigenvalue weighted by Crippen LogP contribution is -2.43. The van der Waals surface area contributed by atoms with Gasteiger partial charge in [-0.2, -0.15) is 0 Å². The summed E-state index contributed by atoms with van der Waals surface area (Å²) in [6.07, 6.45) is 1.79. The van der Waals surface area contributed by atoms with Gasteiger partial charge in [0.25, 0.3) is 5.91 Å². The van der Waals surface area contributed by atoms with E-state index in [9.17, 15) is 9.59 Å². The van der Waals surface area contributed by atoms with Crippen molar-refractivity contribution in [1.82, 2.24) is 10.3 Å². The summed E-state index contributed by atoms with van der Waals surface area (Å²) in [5, 5.41) is 2.70. The van der Waals surface area contributed by atoms with Crippen LogP contribution >= 0.6 is 31.9 Å². The Kier molecular flexibility index (Phi) is 6.95. The molecule has 0 radical (unpaired) electrons. The van der Waals surface area contributed by atoms with Crippen molar-refractivity contribution in [1.29, 1.82) is 0 Å². The van der Waals surface area contributed by atoms with Crippen LogP contribution in [0.15, 0.2) is 45.5 Å². The van der Waals surface area contributed by atoms with Crippen molar-refractivity contribution in [2.45, 2.75) is 12.5 Å². The Hall–Kier alpha value is -1.93. The summed E-state index contributed by atoms with van der Waals surface area (Å²) in [7, 11) is 2.77. The molecular formula is C17H16Br2N2O4. The highest BCUT2D eigenvalue weighted by atomic mass is 79.9. The smallest absolute Gasteiger partial charge is 0.328 e. The van der Waals surface area contributed by atoms with Crippen LogP contribution < -0.4 is 10.1 Å². The standard InChI is InChI=1S/C17H16Br2N2O4/c1-24-16-10(4-3-5-20-16)8-14(17(23)25-2)21-15(22)11-6-12(18)9-13(19)7-11/h3-7,9,14H,8H2,1-2H3,(H,21,22)/t14-/m1/s1. The molecule has 0 fully saturated rings. The van der Waals surface area contributed by atoms with E-state index in [0.717, 1.165) is 8.95 Å². The summed E-state index contributed by atoms with van der Waals surface area (Å²) in [6.45, 7) is 0. The van der Waals surface area contributed by atoms with E-state index in [2.05, 4.69) is 42.2 Å². The predicted molar refractivity (Wildman–Crippen MR) is 99.6 cm³/mol. The molecule has 0 aliphatic heterocycles. The second-order valence-corrected chi connectivity index (χ2v) is 6.91. The molecule has 0 aliphatic carbocycles. The minimum absolute atomic E-state index is 0.199. The fraction of sp³-hybridized carbons (Fsp3) is 0.235. The summed E-state index contributed by atoms with van der Waals surface area (Å²) < 4.78 is 11.5. The van der Waals surface area contributed by atoms with Crippen molar-refractivity contribution in [3.8, 4) is 5.88 Å². The Bertz CT molecular complexity index is 763. The highest BCUT2D eigenvalue weighted by molar-refractivity contribution is 9.11. The minimum Gasteiger partial charge on any atom is -0.481 e. The van der Waals surface area contributed by atoms with Crippen molar-refractivity contribution in [3.63, 3.8) is 0 Å². The average molecular weight is 472 g/mol. The van der Waals surface area contributed by atoms with E-state index in [4.69, 9.17) is 9.47 Å². The van der Waals surface area contributed by atoms with Crippen LogP contribution in [0.25, 0.3) is 0 Å². The van der Waals surface area contributed by atoms with Crippen LogP contribution in [-0.4, -0.2) is 37.1 Å². The number of halogens is 2. The average Bonchev–Trinajstić information content (AvgIpc) is 2.60. The number of methoxy groups -OCH3 is 2. The maximum atomic E-state index is 12.5. The maximum Gasteiger partial charge on any atom is 0.328 e. The van der Waals surface area contributed by atoms with Gasteiger partial charge in [-0.25, -0.2) is 9.78 Å². The van der Waals surface area contributed by atoms with Crippen molar-refractivity contribution in [2.24, 2.45) is 0 Å². The van der Waals surface area contributed by atoms with Crippen molar-refractivity contribution < 1.29 is 19.1 Å². The number of hydrogen-bond donors (Lipinski definition) is 1. The number of nitrogens with zero attached hydrogens (tertiary/aromatic N) is 1. The number of ether oxygens (including phenoxy) is 2. The van der Waals surface area contributed by atoms with E-state index in [0.29, 0.717) is 17.0 Å². The second-order valence-electron chi connectivity index (χ2n) is 5.08. The van der Waals surface area contributed by atoms with Crippen LogP contribution in [0.1, 0.15) is 15.9 Å². The fourth-order valence-electron chi connectivity index (χ4n) is 2.25. The number of pyridine rings is 1. The van der Waals surface area contributed by atoms with Crippen LogP contribution in [0, 0.1) is 0 Å². The highest BCUT2D eigenvalue weighted by Gasteiger charge is 2.24. The number of benzene rings is 1. The molecule has 1 heterocycles. The van der Waals surface area contributed by atoms with Gasteiger partial charge >= 0.3 is 5.97 Å². The highest BCUT2D eigenvalue weighted by Crippen LogP contribution is 2.21. The number of rotatable bonds is 6. The largest absolute Gasteiger partial charge is 0.481 e. The Morgan fingerprint density at radius 3 is 2.48 bits per heavy atom. The van der Waals surface area contributed by atoms with Gasteiger partial charge in [-0.15, -0.1) is 0 Å². The predicted octanol–water partition coefficient (Wildman–Crippen LogP) is 3.13. The van der Waals surface area contributed by atoms with Crippen LogP contribution in [0.2, 0.25) is 0 Å². The molecule has 1 atom stereocenters. The van der Waals surface area contributed by atoms with Gasteiger partial charge in [0.05, 0.1) is 14.2 Å². The van der Waals surface area contributed by atoms with E-state index in [1.807, 2.05) is 6.07 Å². The van der Waals surface area contributed by atoms with Gasteiger partial charge in [-0.05, 0) is 24.3 Å². The number of carbonyl (C=O) groups is 2. The molecule has 0 aliphatic rings. The SMILES string of the molecule is COC(=O)[C@@H](Cc1cccnc1OC)NC(=O)c1cc(Br)cc(Br)c1. The molecule has 2 rings (SSSR count). The quantitative estimate of drug-likeness (QED) is 0.655. The lowest BCUT2D eigenvalue weighted by atomic mass is 10.1. The Morgan fingerprint density at radius 1 is 1.20 bits per heavy atom. The van der Waals surface area contributed by atoms with Gasteiger partial charge in [0.15, 0.2) is 0 Å². The van der Waals surface area contributed by atoms with Crippen molar-refractivity contribution in [2.75, 3.05) is 14.2 Å². The molecule has 6 nitrogen and oxygen atoms in total. The lowest BCUT2D eigenvalue weighted by molar-refractivity contribution is -0.142. The van der Waals surface area contributed by atoms with Crippen molar-refractivity contribution >= 4 is 43.7 Å². The van der Waals surface area contributed by atoms with Gasteiger partial charge in [-0.1, -0.05) is 37.9 Å². The summed E-state index contributed by atoms with van der Waals surface area (Å²) in [4.78, 5) is 28.7. The zero-order valence-electron chi connectivity index (χ0n) is 13.6. The second kappa shape index (κ2) is 8.96. The molecule has 1 aromatic carbocycles. The van der Waals surface area contributed by atoms with Gasteiger partial charge in [0.2, 0.25) is 5.88 Å². The first-order chi connectivity index (χ1) is 11.9. The molecule has 0 saturated carbocycles. The van der Waals surface area contributed by atoms with E-state index >= 15 is 0 Å². The number of carbonyl (C=O) groups excluding carboxylic acids is 2. The number of amides is 1. The summed E-state index contributed by atoms with van der Waals surface area (Å²) >= 11 is 6.67. The number of nitrogens with one attached hydrogen (secondary N) is 1. The molecule has 1 amide bonds. The Balaban J connectivity index is 2.23. The number of esters is 1. The molecule has 8 heteroatoms. The minimum atomic E-state index is -0.867. The first-order valence-corrected chi connectivity index (χ1v) is 8.86. The van der Waals surface area contributed by atoms with E-state index in [1.165, 1.54) is 14.2 Å². The molecule has 0 unspecified atom stereocenters. The molecule has 132 valence electrons. The third-order valence-corrected chi connectivity index (χ3v) is 4.30. The lowest BCUT2D eigenvalue weighted by Gasteiger charge is -2.18. The zero-order valence-corrected chi connectivity index (χ0v) is 16.8. The first kappa shape index (κ1) is 19.4. The fourth-order valence-corrected chi connectivity index (χ4v) is 3.54. The van der Waals surface area contributed by atoms with Crippen LogP contribution in [0.3, 0.4) is 0 Å². The van der Waals surface area contributed by atoms with Gasteiger partial charge < -0.3 is 14.8 Å². The maximum absolute atomic E-state index is 12.5. The van der Waals surface area contributed by atoms with Crippen LogP contribution in [-0.2, 0) is 16.0 Å². The van der Waals surface area contributed by atoms with E-state index in [-0.39, 0.29) is 12.3 Å². The summed E-state index contributed by atoms with van der Waals surface area (Å²) in [6, 6.07) is 7.80. The summed E-state index contributed by atoms with van der Waals surface area (Å²) in [5.41, 5.74) is 1.10. The molecule has 0 bridgehead atoms. The normalized spacial score (nSPS) is 11.5. The number of aromatic nitrogens is 1. The van der Waals surface area contributed by atoms with Gasteiger partial charge in [0, 0.05) is 32.7 Å². The van der Waals surface area contributed by atoms with E-state index in [1.54, 1.807) is 30.5 Å². The Labute approximate surface area is 162 Å². The Morgan fingerprint density at radius 2 is 1.88 bits per heavy atom. The summed E-state index contributed by atoms with van der Waals surface area (Å²) in [5.74, 6) is -0.538. The molecule has 0 saturated heterocycles. The molecule has 1 aromatic heterocycles. The van der Waals surface area contributed by atoms with Gasteiger partial charge in [0.1, 0.15) is 6.04 Å².